The van der Waals surface area contributed by atoms with E-state index in [2.05, 4.69) is 81.0 Å². The number of esters is 6. The maximum absolute atomic E-state index is 12.1. The van der Waals surface area contributed by atoms with Gasteiger partial charge >= 0.3 is 35.8 Å². The van der Waals surface area contributed by atoms with Crippen LogP contribution in [0, 0.1) is 76.9 Å². The number of carbonyl (C=O) groups is 6. The third-order valence-corrected chi connectivity index (χ3v) is 25.3. The molecule has 14 aliphatic carbocycles. The summed E-state index contributed by atoms with van der Waals surface area (Å²) in [5.74, 6) is 9.77. The Morgan fingerprint density at radius 2 is 0.742 bits per heavy atom. The minimum Gasteiger partial charge on any atom is -0.456 e. The molecule has 15 rings (SSSR count). The molecule has 13 nitrogen and oxygen atoms in total. The molecule has 1 saturated heterocycles. The molecule has 93 heavy (non-hydrogen) atoms. The highest BCUT2D eigenvalue weighted by Crippen LogP contribution is 2.63. The van der Waals surface area contributed by atoms with Gasteiger partial charge in [-0.15, -0.1) is 0 Å². The summed E-state index contributed by atoms with van der Waals surface area (Å²) in [5.41, 5.74) is 2.09. The van der Waals surface area contributed by atoms with Crippen molar-refractivity contribution in [2.75, 3.05) is 18.1 Å². The van der Waals surface area contributed by atoms with Crippen LogP contribution in [0.15, 0.2) is 72.9 Å². The van der Waals surface area contributed by atoms with Gasteiger partial charge in [0.2, 0.25) is 6.29 Å². The van der Waals surface area contributed by atoms with E-state index >= 15 is 0 Å². The molecule has 0 aromatic heterocycles. The monoisotopic (exact) mass is 1310 g/mol. The van der Waals surface area contributed by atoms with Crippen molar-refractivity contribution in [1.29, 1.82) is 0 Å². The Bertz CT molecular complexity index is 2630. The predicted molar refractivity (Wildman–Crippen MR) is 370 cm³/mol. The molecule has 1 aliphatic heterocycles. The molecular weight excluding hydrogens is 1190 g/mol. The molecule has 1 heterocycles. The summed E-state index contributed by atoms with van der Waals surface area (Å²) in [5, 5.41) is 0. The van der Waals surface area contributed by atoms with Gasteiger partial charge in [0.15, 0.2) is 0 Å². The largest absolute Gasteiger partial charge is 0.456 e. The Balaban J connectivity index is 0.000000159. The SMILES string of the molecule is C=C(C)C(=O)OC1(C(C)C)C2CC3CC(C2)CC1C3.C=C(C)C(=O)OC1(C)C2CC3CC(C2)CC1C3.C=C(C)C(=O)OC1(CC)C2CC3CC(C2)CC1C3.C=C(C)C(=O)OC1(CC)CCCC1.C=C(C)C(=O)OC1(CC)CCCCC1.C=C(C)C(=O)OC1CSCCO1. The quantitative estimate of drug-likeness (QED) is 0.0813. The van der Waals surface area contributed by atoms with Crippen LogP contribution in [-0.2, 0) is 61.9 Å². The molecule has 15 aliphatic rings. The summed E-state index contributed by atoms with van der Waals surface area (Å²) in [6.45, 7) is 45.8. The highest BCUT2D eigenvalue weighted by atomic mass is 32.2. The summed E-state index contributed by atoms with van der Waals surface area (Å²) in [7, 11) is 0. The van der Waals surface area contributed by atoms with Crippen molar-refractivity contribution >= 4 is 47.6 Å². The molecular formula is C79H122O13S. The smallest absolute Gasteiger partial charge is 0.335 e. The predicted octanol–water partition coefficient (Wildman–Crippen LogP) is 18.2. The molecule has 15 fully saturated rings. The summed E-state index contributed by atoms with van der Waals surface area (Å²) >= 11 is 1.72. The Hall–Kier alpha value is -4.43. The van der Waals surface area contributed by atoms with Crippen molar-refractivity contribution in [3.8, 4) is 0 Å². The van der Waals surface area contributed by atoms with Crippen LogP contribution in [0.5, 0.6) is 0 Å². The van der Waals surface area contributed by atoms with Crippen molar-refractivity contribution in [2.24, 2.45) is 76.9 Å². The first-order chi connectivity index (χ1) is 43.9. The second-order valence-electron chi connectivity index (χ2n) is 31.7. The Morgan fingerprint density at radius 3 is 1.06 bits per heavy atom. The van der Waals surface area contributed by atoms with Crippen LogP contribution in [0.3, 0.4) is 0 Å². The van der Waals surface area contributed by atoms with E-state index in [1.807, 2.05) is 0 Å². The van der Waals surface area contributed by atoms with Gasteiger partial charge in [-0.2, -0.15) is 11.8 Å². The molecule has 14 saturated carbocycles. The van der Waals surface area contributed by atoms with Crippen LogP contribution < -0.4 is 0 Å². The lowest BCUT2D eigenvalue weighted by molar-refractivity contribution is -0.221. The van der Waals surface area contributed by atoms with E-state index in [0.29, 0.717) is 81.5 Å². The first-order valence-corrected chi connectivity index (χ1v) is 37.5. The van der Waals surface area contributed by atoms with Crippen molar-refractivity contribution < 1.29 is 61.9 Å². The van der Waals surface area contributed by atoms with Crippen LogP contribution in [-0.4, -0.2) is 88.2 Å². The van der Waals surface area contributed by atoms with Crippen LogP contribution in [0.25, 0.3) is 0 Å². The second kappa shape index (κ2) is 32.7. The third kappa shape index (κ3) is 18.4. The minimum atomic E-state index is -0.382. The summed E-state index contributed by atoms with van der Waals surface area (Å²) in [4.78, 5) is 69.7. The first-order valence-electron chi connectivity index (χ1n) is 36.4. The normalized spacial score (nSPS) is 35.0. The average Bonchev–Trinajstić information content (AvgIpc) is 0.781. The summed E-state index contributed by atoms with van der Waals surface area (Å²) in [6, 6.07) is 0. The first kappa shape index (κ1) is 75.9. The summed E-state index contributed by atoms with van der Waals surface area (Å²) in [6.07, 6.45) is 32.1. The highest BCUT2D eigenvalue weighted by Gasteiger charge is 2.62. The van der Waals surface area contributed by atoms with Crippen LogP contribution in [0.4, 0.5) is 0 Å². The molecule has 0 aromatic carbocycles. The van der Waals surface area contributed by atoms with Gasteiger partial charge in [-0.25, -0.2) is 28.8 Å². The van der Waals surface area contributed by atoms with Gasteiger partial charge in [-0.05, 0) is 292 Å². The zero-order valence-corrected chi connectivity index (χ0v) is 60.6. The molecule has 522 valence electrons. The highest BCUT2D eigenvalue weighted by molar-refractivity contribution is 7.99. The fraction of sp³-hybridized carbons (Fsp3) is 0.772. The van der Waals surface area contributed by atoms with E-state index in [1.165, 1.54) is 128 Å². The number of hydrogen-bond donors (Lipinski definition) is 0. The fourth-order valence-corrected chi connectivity index (χ4v) is 20.4. The lowest BCUT2D eigenvalue weighted by Gasteiger charge is -2.61. The van der Waals surface area contributed by atoms with Gasteiger partial charge in [0.25, 0.3) is 0 Å². The maximum Gasteiger partial charge on any atom is 0.335 e. The van der Waals surface area contributed by atoms with Gasteiger partial charge in [0.05, 0.1) is 12.4 Å². The molecule has 0 spiro atoms. The van der Waals surface area contributed by atoms with E-state index in [-0.39, 0.29) is 70.1 Å². The van der Waals surface area contributed by atoms with Crippen molar-refractivity contribution in [2.45, 2.75) is 291 Å². The van der Waals surface area contributed by atoms with Gasteiger partial charge < -0.3 is 33.2 Å². The number of carbonyl (C=O) groups excluding carboxylic acids is 6. The molecule has 1 atom stereocenters. The zero-order valence-electron chi connectivity index (χ0n) is 59.8. The van der Waals surface area contributed by atoms with Crippen LogP contribution >= 0.6 is 11.8 Å². The lowest BCUT2D eigenvalue weighted by atomic mass is 9.47. The van der Waals surface area contributed by atoms with E-state index in [0.717, 1.165) is 92.0 Å². The molecule has 0 amide bonds. The molecule has 0 aromatic rings. The third-order valence-electron chi connectivity index (χ3n) is 24.3. The number of rotatable bonds is 16. The maximum atomic E-state index is 12.1. The van der Waals surface area contributed by atoms with Gasteiger partial charge in [-0.1, -0.05) is 80.5 Å². The van der Waals surface area contributed by atoms with Gasteiger partial charge in [-0.3, -0.25) is 0 Å². The lowest BCUT2D eigenvalue weighted by Crippen LogP contribution is -2.62. The van der Waals surface area contributed by atoms with Crippen molar-refractivity contribution in [3.63, 3.8) is 0 Å². The standard InChI is InChI=1S/C17H26O2.C16H24O2.C15H22O2.C12H20O2.C11H18O2.C8H12O3S/c1-10(2)16(18)19-17(11(3)4)14-6-12-5-13(8-14)9-15(17)7-12;1-4-16(18-15(17)10(2)3)13-6-11-5-12(8-13)9-14(16)7-11;1-9(2)14(16)17-15(3)12-5-10-4-11(7-12)8-13(15)6-10;1-4-12(8-6-5-7-9-12)14-11(13)10(2)3;1-4-11(7-5-6-8-11)13-10(12)9(2)3;1-6(2)8(9)11-7-5-12-4-3-10-7/h11-15H,1,5-9H2,2-4H3;11-14H,2,4-9H2,1,3H3;10-13H,1,4-8H2,2-3H3;2,4-9H2,1,3H3;2,4-8H2,1,3H3;7H,1,3-5H2,2H3. The number of thioether (sulfide) groups is 1. The van der Waals surface area contributed by atoms with E-state index in [4.69, 9.17) is 33.2 Å². The minimum absolute atomic E-state index is 0.163. The molecule has 14 heteroatoms. The molecule has 1 unspecified atom stereocenters. The summed E-state index contributed by atoms with van der Waals surface area (Å²) < 4.78 is 39.1. The van der Waals surface area contributed by atoms with Crippen LogP contribution in [0.2, 0.25) is 0 Å². The van der Waals surface area contributed by atoms with E-state index < -0.39 is 0 Å². The average molecular weight is 1310 g/mol. The Morgan fingerprint density at radius 1 is 0.419 bits per heavy atom. The van der Waals surface area contributed by atoms with Crippen molar-refractivity contribution in [3.05, 3.63) is 72.9 Å². The van der Waals surface area contributed by atoms with Gasteiger partial charge in [0.1, 0.15) is 28.0 Å². The van der Waals surface area contributed by atoms with Crippen molar-refractivity contribution in [1.82, 2.24) is 0 Å². The van der Waals surface area contributed by atoms with Gasteiger partial charge in [0, 0.05) is 39.2 Å². The number of ether oxygens (including phenoxy) is 7. The topological polar surface area (TPSA) is 167 Å². The molecule has 0 N–H and O–H groups in total. The van der Waals surface area contributed by atoms with E-state index in [9.17, 15) is 28.8 Å². The Labute approximate surface area is 565 Å². The molecule has 12 bridgehead atoms. The number of hydrogen-bond acceptors (Lipinski definition) is 14. The van der Waals surface area contributed by atoms with E-state index in [1.54, 1.807) is 53.3 Å². The Kier molecular flexibility index (Phi) is 26.7. The second-order valence-corrected chi connectivity index (χ2v) is 32.8. The zero-order chi connectivity index (χ0) is 68.4. The molecule has 0 radical (unpaired) electrons. The van der Waals surface area contributed by atoms with Crippen LogP contribution in [0.1, 0.15) is 256 Å². The fourth-order valence-electron chi connectivity index (χ4n) is 19.6.